The van der Waals surface area contributed by atoms with Crippen LogP contribution >= 0.6 is 22.6 Å². The third kappa shape index (κ3) is 3.36. The van der Waals surface area contributed by atoms with E-state index in [2.05, 4.69) is 59.1 Å². The molecule has 0 fully saturated rings. The van der Waals surface area contributed by atoms with Gasteiger partial charge < -0.3 is 10.4 Å². The standard InChI is InChI=1S/C14H14INO/c1-10(11-2-4-12(15)5-3-11)16-13-6-8-14(17)9-7-13/h2-10,16-17H,1H3. The minimum atomic E-state index is 0.247. The summed E-state index contributed by atoms with van der Waals surface area (Å²) in [4.78, 5) is 0. The first kappa shape index (κ1) is 12.2. The number of nitrogens with one attached hydrogen (secondary N) is 1. The number of phenolic OH excluding ortho intramolecular Hbond substituents is 1. The van der Waals surface area contributed by atoms with Crippen molar-refractivity contribution in [3.63, 3.8) is 0 Å². The molecule has 0 saturated carbocycles. The summed E-state index contributed by atoms with van der Waals surface area (Å²) < 4.78 is 1.24. The number of halogens is 1. The summed E-state index contributed by atoms with van der Waals surface area (Å²) in [5.74, 6) is 0.289. The predicted octanol–water partition coefficient (Wildman–Crippen LogP) is 4.17. The lowest BCUT2D eigenvalue weighted by atomic mass is 10.1. The number of benzene rings is 2. The summed E-state index contributed by atoms with van der Waals surface area (Å²) in [6.45, 7) is 2.12. The topological polar surface area (TPSA) is 32.3 Å². The summed E-state index contributed by atoms with van der Waals surface area (Å²) in [7, 11) is 0. The average molecular weight is 339 g/mol. The fourth-order valence-corrected chi connectivity index (χ4v) is 2.00. The van der Waals surface area contributed by atoms with Gasteiger partial charge in [-0.3, -0.25) is 0 Å². The summed E-state index contributed by atoms with van der Waals surface area (Å²) in [5.41, 5.74) is 2.26. The first-order chi connectivity index (χ1) is 8.15. The smallest absolute Gasteiger partial charge is 0.115 e. The molecule has 0 radical (unpaired) electrons. The zero-order valence-electron chi connectivity index (χ0n) is 9.52. The highest BCUT2D eigenvalue weighted by atomic mass is 127. The van der Waals surface area contributed by atoms with Gasteiger partial charge in [0.1, 0.15) is 5.75 Å². The van der Waals surface area contributed by atoms with Crippen LogP contribution in [0.4, 0.5) is 5.69 Å². The molecule has 2 nitrogen and oxygen atoms in total. The molecule has 3 heteroatoms. The number of hydrogen-bond donors (Lipinski definition) is 2. The average Bonchev–Trinajstić information content (AvgIpc) is 2.33. The SMILES string of the molecule is CC(Nc1ccc(O)cc1)c1ccc(I)cc1. The van der Waals surface area contributed by atoms with E-state index in [1.165, 1.54) is 9.13 Å². The van der Waals surface area contributed by atoms with Gasteiger partial charge in [0.2, 0.25) is 0 Å². The minimum absolute atomic E-state index is 0.247. The van der Waals surface area contributed by atoms with Crippen LogP contribution in [0.3, 0.4) is 0 Å². The molecule has 2 rings (SSSR count). The van der Waals surface area contributed by atoms with Crippen molar-refractivity contribution in [1.29, 1.82) is 0 Å². The zero-order valence-corrected chi connectivity index (χ0v) is 11.7. The van der Waals surface area contributed by atoms with Gasteiger partial charge in [0.15, 0.2) is 0 Å². The molecule has 0 aliphatic rings. The normalized spacial score (nSPS) is 12.1. The maximum atomic E-state index is 9.21. The molecule has 0 heterocycles. The molecule has 1 atom stereocenters. The van der Waals surface area contributed by atoms with Crippen LogP contribution in [-0.4, -0.2) is 5.11 Å². The van der Waals surface area contributed by atoms with Crippen molar-refractivity contribution in [1.82, 2.24) is 0 Å². The molecular weight excluding hydrogens is 325 g/mol. The Morgan fingerprint density at radius 2 is 1.59 bits per heavy atom. The lowest BCUT2D eigenvalue weighted by molar-refractivity contribution is 0.475. The molecule has 0 saturated heterocycles. The monoisotopic (exact) mass is 339 g/mol. The Morgan fingerprint density at radius 1 is 1.00 bits per heavy atom. The van der Waals surface area contributed by atoms with Gasteiger partial charge in [-0.25, -0.2) is 0 Å². The number of phenols is 1. The van der Waals surface area contributed by atoms with Gasteiger partial charge in [-0.1, -0.05) is 12.1 Å². The van der Waals surface area contributed by atoms with E-state index in [1.54, 1.807) is 12.1 Å². The molecule has 88 valence electrons. The molecule has 1 unspecified atom stereocenters. The first-order valence-corrected chi connectivity index (χ1v) is 6.54. The molecular formula is C14H14INO. The molecule has 0 bridgehead atoms. The second-order valence-corrected chi connectivity index (χ2v) is 5.21. The highest BCUT2D eigenvalue weighted by Crippen LogP contribution is 2.21. The second kappa shape index (κ2) is 5.40. The summed E-state index contributed by atoms with van der Waals surface area (Å²) >= 11 is 2.30. The van der Waals surface area contributed by atoms with Crippen molar-refractivity contribution >= 4 is 28.3 Å². The van der Waals surface area contributed by atoms with E-state index in [1.807, 2.05) is 12.1 Å². The van der Waals surface area contributed by atoms with E-state index in [9.17, 15) is 5.11 Å². The van der Waals surface area contributed by atoms with E-state index < -0.39 is 0 Å². The maximum absolute atomic E-state index is 9.21. The second-order valence-electron chi connectivity index (χ2n) is 3.96. The number of rotatable bonds is 3. The molecule has 0 spiro atoms. The number of hydrogen-bond acceptors (Lipinski definition) is 2. The molecule has 0 aliphatic heterocycles. The Labute approximate surface area is 115 Å². The quantitative estimate of drug-likeness (QED) is 0.650. The Bertz CT molecular complexity index is 479. The zero-order chi connectivity index (χ0) is 12.3. The maximum Gasteiger partial charge on any atom is 0.115 e. The molecule has 0 aromatic heterocycles. The van der Waals surface area contributed by atoms with E-state index in [4.69, 9.17) is 0 Å². The molecule has 0 amide bonds. The van der Waals surface area contributed by atoms with Crippen molar-refractivity contribution in [3.8, 4) is 5.75 Å². The van der Waals surface area contributed by atoms with Gasteiger partial charge in [-0.05, 0) is 71.5 Å². The molecule has 2 aromatic carbocycles. The van der Waals surface area contributed by atoms with Gasteiger partial charge in [0.25, 0.3) is 0 Å². The van der Waals surface area contributed by atoms with Crippen LogP contribution in [0.5, 0.6) is 5.75 Å². The lowest BCUT2D eigenvalue weighted by Crippen LogP contribution is -2.06. The van der Waals surface area contributed by atoms with E-state index >= 15 is 0 Å². The van der Waals surface area contributed by atoms with Gasteiger partial charge in [-0.2, -0.15) is 0 Å². The first-order valence-electron chi connectivity index (χ1n) is 5.46. The van der Waals surface area contributed by atoms with Crippen LogP contribution in [-0.2, 0) is 0 Å². The highest BCUT2D eigenvalue weighted by Gasteiger charge is 2.04. The Balaban J connectivity index is 2.08. The fraction of sp³-hybridized carbons (Fsp3) is 0.143. The van der Waals surface area contributed by atoms with Crippen LogP contribution in [0.25, 0.3) is 0 Å². The van der Waals surface area contributed by atoms with Crippen LogP contribution in [0.1, 0.15) is 18.5 Å². The summed E-state index contributed by atoms with van der Waals surface area (Å²) in [6, 6.07) is 15.8. The van der Waals surface area contributed by atoms with Crippen molar-refractivity contribution in [3.05, 3.63) is 57.7 Å². The van der Waals surface area contributed by atoms with Crippen molar-refractivity contribution < 1.29 is 5.11 Å². The van der Waals surface area contributed by atoms with Crippen LogP contribution in [0.15, 0.2) is 48.5 Å². The van der Waals surface area contributed by atoms with Gasteiger partial charge >= 0.3 is 0 Å². The third-order valence-electron chi connectivity index (χ3n) is 2.62. The summed E-state index contributed by atoms with van der Waals surface area (Å²) in [5, 5.41) is 12.6. The highest BCUT2D eigenvalue weighted by molar-refractivity contribution is 14.1. The number of aromatic hydroxyl groups is 1. The minimum Gasteiger partial charge on any atom is -0.508 e. The predicted molar refractivity (Wildman–Crippen MR) is 79.3 cm³/mol. The van der Waals surface area contributed by atoms with E-state index in [-0.39, 0.29) is 11.8 Å². The van der Waals surface area contributed by atoms with Crippen molar-refractivity contribution in [2.45, 2.75) is 13.0 Å². The Kier molecular flexibility index (Phi) is 3.89. The van der Waals surface area contributed by atoms with Gasteiger partial charge in [0, 0.05) is 15.3 Å². The fourth-order valence-electron chi connectivity index (χ4n) is 1.64. The van der Waals surface area contributed by atoms with Crippen molar-refractivity contribution in [2.24, 2.45) is 0 Å². The van der Waals surface area contributed by atoms with Gasteiger partial charge in [-0.15, -0.1) is 0 Å². The Morgan fingerprint density at radius 3 is 2.18 bits per heavy atom. The molecule has 2 N–H and O–H groups in total. The third-order valence-corrected chi connectivity index (χ3v) is 3.34. The largest absolute Gasteiger partial charge is 0.508 e. The van der Waals surface area contributed by atoms with E-state index in [0.717, 1.165) is 5.69 Å². The molecule has 2 aromatic rings. The number of anilines is 1. The van der Waals surface area contributed by atoms with Crippen LogP contribution in [0.2, 0.25) is 0 Å². The molecule has 0 aliphatic carbocycles. The van der Waals surface area contributed by atoms with Crippen LogP contribution in [0, 0.1) is 3.57 Å². The Hall–Kier alpha value is -1.23. The summed E-state index contributed by atoms with van der Waals surface area (Å²) in [6.07, 6.45) is 0. The van der Waals surface area contributed by atoms with E-state index in [0.29, 0.717) is 0 Å². The molecule has 17 heavy (non-hydrogen) atoms. The van der Waals surface area contributed by atoms with Gasteiger partial charge in [0.05, 0.1) is 0 Å². The van der Waals surface area contributed by atoms with Crippen molar-refractivity contribution in [2.75, 3.05) is 5.32 Å². The van der Waals surface area contributed by atoms with Crippen LogP contribution < -0.4 is 5.32 Å². The lowest BCUT2D eigenvalue weighted by Gasteiger charge is -2.15.